The maximum Gasteiger partial charge on any atom is 0.459 e. The van der Waals surface area contributed by atoms with Crippen LogP contribution in [0.25, 0.3) is 0 Å². The van der Waals surface area contributed by atoms with Crippen molar-refractivity contribution >= 4 is 14.2 Å². The molecule has 0 N–H and O–H groups in total. The Balaban J connectivity index is 1.88. The van der Waals surface area contributed by atoms with Gasteiger partial charge >= 0.3 is 14.2 Å². The van der Waals surface area contributed by atoms with Gasteiger partial charge in [0.05, 0.1) is 22.4 Å². The predicted molar refractivity (Wildman–Crippen MR) is 115 cm³/mol. The van der Waals surface area contributed by atoms with Crippen LogP contribution in [0.4, 0.5) is 0 Å². The summed E-state index contributed by atoms with van der Waals surface area (Å²) in [5.74, 6) is 0. The van der Waals surface area contributed by atoms with Gasteiger partial charge in [-0.3, -0.25) is 0 Å². The van der Waals surface area contributed by atoms with Crippen LogP contribution in [-0.4, -0.2) is 36.6 Å². The second kappa shape index (κ2) is 7.16. The Hall–Kier alpha value is -0.810. The SMILES string of the molecule is CCc1ccc(CC(B2OC(C)(C)C(C)(C)O2)B2OC(C)(C)C(C)(C)O2)cc1. The third kappa shape index (κ3) is 3.94. The molecule has 3 rings (SSSR count). The Labute approximate surface area is 171 Å². The van der Waals surface area contributed by atoms with Crippen LogP contribution in [0.5, 0.6) is 0 Å². The highest BCUT2D eigenvalue weighted by atomic mass is 16.7. The molecule has 0 bridgehead atoms. The van der Waals surface area contributed by atoms with Crippen molar-refractivity contribution in [1.29, 1.82) is 0 Å². The highest BCUT2D eigenvalue weighted by Gasteiger charge is 2.61. The van der Waals surface area contributed by atoms with E-state index in [1.54, 1.807) is 0 Å². The molecule has 4 nitrogen and oxygen atoms in total. The van der Waals surface area contributed by atoms with Crippen molar-refractivity contribution in [2.75, 3.05) is 0 Å². The molecule has 0 atom stereocenters. The van der Waals surface area contributed by atoms with Gasteiger partial charge < -0.3 is 18.6 Å². The predicted octanol–water partition coefficient (Wildman–Crippen LogP) is 4.89. The lowest BCUT2D eigenvalue weighted by molar-refractivity contribution is 0.00578. The van der Waals surface area contributed by atoms with Crippen LogP contribution in [-0.2, 0) is 31.5 Å². The average Bonchev–Trinajstić information content (AvgIpc) is 2.92. The van der Waals surface area contributed by atoms with Gasteiger partial charge in [-0.2, -0.15) is 0 Å². The summed E-state index contributed by atoms with van der Waals surface area (Å²) in [7, 11) is -0.767. The largest absolute Gasteiger partial charge is 0.459 e. The van der Waals surface area contributed by atoms with Gasteiger partial charge in [-0.15, -0.1) is 0 Å². The number of aryl methyl sites for hydroxylation is 1. The molecule has 28 heavy (non-hydrogen) atoms. The summed E-state index contributed by atoms with van der Waals surface area (Å²) in [4.78, 5) is 0. The van der Waals surface area contributed by atoms with Crippen LogP contribution in [0, 0.1) is 0 Å². The van der Waals surface area contributed by atoms with E-state index in [9.17, 15) is 0 Å². The van der Waals surface area contributed by atoms with Crippen molar-refractivity contribution in [2.24, 2.45) is 0 Å². The van der Waals surface area contributed by atoms with Gasteiger partial charge in [-0.25, -0.2) is 0 Å². The molecule has 0 unspecified atom stereocenters. The minimum absolute atomic E-state index is 0.0606. The normalized spacial score (nSPS) is 24.9. The molecule has 2 aliphatic heterocycles. The smallest absolute Gasteiger partial charge is 0.403 e. The molecule has 0 radical (unpaired) electrons. The fourth-order valence-electron chi connectivity index (χ4n) is 3.63. The zero-order valence-corrected chi connectivity index (χ0v) is 19.1. The third-order valence-corrected chi connectivity index (χ3v) is 7.14. The molecule has 0 spiro atoms. The number of hydrogen-bond donors (Lipinski definition) is 0. The van der Waals surface area contributed by atoms with Crippen LogP contribution in [0.15, 0.2) is 24.3 Å². The summed E-state index contributed by atoms with van der Waals surface area (Å²) in [6.45, 7) is 18.9. The van der Waals surface area contributed by atoms with Crippen molar-refractivity contribution in [2.45, 2.75) is 103 Å². The minimum atomic E-state index is -0.384. The molecule has 1 aromatic carbocycles. The molecular weight excluding hydrogens is 350 g/mol. The first-order valence-electron chi connectivity index (χ1n) is 10.6. The lowest BCUT2D eigenvalue weighted by Gasteiger charge is -2.32. The standard InChI is InChI=1S/C22H36B2O4/c1-10-16-11-13-17(14-12-16)15-18(23-25-19(2,3)20(4,5)26-23)24-27-21(6,7)22(8,9)28-24/h11-14,18H,10,15H2,1-9H3. The Bertz CT molecular complexity index is 629. The van der Waals surface area contributed by atoms with E-state index in [1.165, 1.54) is 11.1 Å². The first-order chi connectivity index (χ1) is 12.8. The van der Waals surface area contributed by atoms with E-state index < -0.39 is 0 Å². The van der Waals surface area contributed by atoms with E-state index in [0.29, 0.717) is 0 Å². The Morgan fingerprint density at radius 3 is 1.29 bits per heavy atom. The summed E-state index contributed by atoms with van der Waals surface area (Å²) in [6.07, 6.45) is 1.82. The molecule has 2 aliphatic rings. The summed E-state index contributed by atoms with van der Waals surface area (Å²) >= 11 is 0. The van der Waals surface area contributed by atoms with Gasteiger partial charge in [0.2, 0.25) is 0 Å². The molecule has 1 aromatic rings. The second-order valence-corrected chi connectivity index (χ2v) is 10.3. The number of hydrogen-bond acceptors (Lipinski definition) is 4. The zero-order valence-electron chi connectivity index (χ0n) is 19.1. The monoisotopic (exact) mass is 386 g/mol. The fourth-order valence-corrected chi connectivity index (χ4v) is 3.63. The van der Waals surface area contributed by atoms with Crippen LogP contribution < -0.4 is 0 Å². The first kappa shape index (κ1) is 21.9. The summed E-state index contributed by atoms with van der Waals surface area (Å²) in [5.41, 5.74) is 0.988. The van der Waals surface area contributed by atoms with Crippen LogP contribution in [0.2, 0.25) is 5.72 Å². The van der Waals surface area contributed by atoms with E-state index in [0.717, 1.165) is 12.8 Å². The molecule has 0 aromatic heterocycles. The van der Waals surface area contributed by atoms with Crippen LogP contribution in [0.3, 0.4) is 0 Å². The highest BCUT2D eigenvalue weighted by molar-refractivity contribution is 6.68. The highest BCUT2D eigenvalue weighted by Crippen LogP contribution is 2.46. The average molecular weight is 386 g/mol. The van der Waals surface area contributed by atoms with Gasteiger partial charge in [0, 0.05) is 5.72 Å². The molecule has 0 saturated carbocycles. The first-order valence-corrected chi connectivity index (χ1v) is 10.6. The van der Waals surface area contributed by atoms with Crippen molar-refractivity contribution in [3.05, 3.63) is 35.4 Å². The van der Waals surface area contributed by atoms with Gasteiger partial charge in [0.1, 0.15) is 0 Å². The summed E-state index contributed by atoms with van der Waals surface area (Å²) < 4.78 is 25.6. The maximum atomic E-state index is 6.41. The van der Waals surface area contributed by atoms with E-state index in [2.05, 4.69) is 86.6 Å². The van der Waals surface area contributed by atoms with Gasteiger partial charge in [0.25, 0.3) is 0 Å². The van der Waals surface area contributed by atoms with Crippen molar-refractivity contribution in [1.82, 2.24) is 0 Å². The van der Waals surface area contributed by atoms with E-state index >= 15 is 0 Å². The van der Waals surface area contributed by atoms with Crippen molar-refractivity contribution in [3.63, 3.8) is 0 Å². The van der Waals surface area contributed by atoms with E-state index in [1.807, 2.05) is 0 Å². The maximum absolute atomic E-state index is 6.41. The molecule has 6 heteroatoms. The van der Waals surface area contributed by atoms with Gasteiger partial charge in [-0.1, -0.05) is 31.2 Å². The van der Waals surface area contributed by atoms with Crippen LogP contribution in [0.1, 0.15) is 73.4 Å². The van der Waals surface area contributed by atoms with Crippen molar-refractivity contribution in [3.8, 4) is 0 Å². The molecule has 154 valence electrons. The summed E-state index contributed by atoms with van der Waals surface area (Å²) in [6, 6.07) is 8.78. The fraction of sp³-hybridized carbons (Fsp3) is 0.727. The summed E-state index contributed by atoms with van der Waals surface area (Å²) in [5, 5.41) is 0. The molecule has 2 saturated heterocycles. The topological polar surface area (TPSA) is 36.9 Å². The molecule has 2 heterocycles. The quantitative estimate of drug-likeness (QED) is 0.676. The Morgan fingerprint density at radius 1 is 0.643 bits per heavy atom. The zero-order chi connectivity index (χ0) is 21.0. The Kier molecular flexibility index (Phi) is 5.59. The second-order valence-electron chi connectivity index (χ2n) is 10.3. The lowest BCUT2D eigenvalue weighted by Crippen LogP contribution is -2.41. The number of rotatable bonds is 5. The van der Waals surface area contributed by atoms with E-state index in [4.69, 9.17) is 18.6 Å². The van der Waals surface area contributed by atoms with Crippen LogP contribution >= 0.6 is 0 Å². The minimum Gasteiger partial charge on any atom is -0.403 e. The van der Waals surface area contributed by atoms with Crippen molar-refractivity contribution < 1.29 is 18.6 Å². The third-order valence-electron chi connectivity index (χ3n) is 7.14. The lowest BCUT2D eigenvalue weighted by atomic mass is 9.49. The van der Waals surface area contributed by atoms with Gasteiger partial charge in [-0.05, 0) is 79.4 Å². The molecule has 2 fully saturated rings. The molecular formula is C22H36B2O4. The Morgan fingerprint density at radius 2 is 0.964 bits per heavy atom. The van der Waals surface area contributed by atoms with E-state index in [-0.39, 0.29) is 42.4 Å². The molecule has 0 aliphatic carbocycles. The number of benzene rings is 1. The molecule has 0 amide bonds. The van der Waals surface area contributed by atoms with Gasteiger partial charge in [0.15, 0.2) is 0 Å².